The molecular formula is C13H17NO4. The van der Waals surface area contributed by atoms with Gasteiger partial charge in [0.15, 0.2) is 0 Å². The van der Waals surface area contributed by atoms with Crippen LogP contribution < -0.4 is 10.1 Å². The minimum atomic E-state index is -0.958. The third-order valence-corrected chi connectivity index (χ3v) is 2.40. The lowest BCUT2D eigenvalue weighted by atomic mass is 10.0. The Morgan fingerprint density at radius 2 is 2.11 bits per heavy atom. The van der Waals surface area contributed by atoms with Crippen LogP contribution in [0, 0.1) is 0 Å². The molecule has 0 heterocycles. The summed E-state index contributed by atoms with van der Waals surface area (Å²) in [5.41, 5.74) is 0.744. The van der Waals surface area contributed by atoms with Gasteiger partial charge < -0.3 is 15.2 Å². The van der Waals surface area contributed by atoms with Gasteiger partial charge in [0.2, 0.25) is 6.41 Å². The van der Waals surface area contributed by atoms with Gasteiger partial charge >= 0.3 is 5.97 Å². The smallest absolute Gasteiger partial charge is 0.305 e. The average molecular weight is 251 g/mol. The molecule has 0 aliphatic carbocycles. The molecule has 18 heavy (non-hydrogen) atoms. The fraction of sp³-hybridized carbons (Fsp3) is 0.385. The number of rotatable bonds is 8. The second-order valence-corrected chi connectivity index (χ2v) is 3.85. The van der Waals surface area contributed by atoms with Gasteiger partial charge in [0.05, 0.1) is 19.1 Å². The van der Waals surface area contributed by atoms with Crippen molar-refractivity contribution in [3.63, 3.8) is 0 Å². The van der Waals surface area contributed by atoms with Crippen LogP contribution in [0.4, 0.5) is 0 Å². The number of carbonyl (C=O) groups excluding carboxylic acids is 1. The highest BCUT2D eigenvalue weighted by Crippen LogP contribution is 2.20. The van der Waals surface area contributed by atoms with Gasteiger partial charge in [0.1, 0.15) is 5.75 Å². The van der Waals surface area contributed by atoms with Crippen molar-refractivity contribution in [2.24, 2.45) is 0 Å². The SMILES string of the molecule is CCCOc1ccc([C@@H](CC(=O)O)NC=O)cc1. The summed E-state index contributed by atoms with van der Waals surface area (Å²) in [6, 6.07) is 6.54. The second kappa shape index (κ2) is 7.32. The quantitative estimate of drug-likeness (QED) is 0.690. The fourth-order valence-corrected chi connectivity index (χ4v) is 1.55. The monoisotopic (exact) mass is 251 g/mol. The van der Waals surface area contributed by atoms with Crippen molar-refractivity contribution in [3.05, 3.63) is 29.8 Å². The average Bonchev–Trinajstić information content (AvgIpc) is 2.36. The van der Waals surface area contributed by atoms with E-state index in [4.69, 9.17) is 9.84 Å². The molecule has 0 spiro atoms. The maximum absolute atomic E-state index is 10.7. The van der Waals surface area contributed by atoms with E-state index in [-0.39, 0.29) is 6.42 Å². The third kappa shape index (κ3) is 4.45. The Kier molecular flexibility index (Phi) is 5.70. The van der Waals surface area contributed by atoms with Crippen molar-refractivity contribution in [1.82, 2.24) is 5.32 Å². The van der Waals surface area contributed by atoms with Crippen LogP contribution in [0.1, 0.15) is 31.4 Å². The van der Waals surface area contributed by atoms with E-state index in [0.29, 0.717) is 13.0 Å². The predicted octanol–water partition coefficient (Wildman–Crippen LogP) is 1.74. The van der Waals surface area contributed by atoms with Gasteiger partial charge in [0, 0.05) is 0 Å². The number of carboxylic acid groups (broad SMARTS) is 1. The highest BCUT2D eigenvalue weighted by atomic mass is 16.5. The minimum Gasteiger partial charge on any atom is -0.494 e. The molecule has 1 aromatic rings. The summed E-state index contributed by atoms with van der Waals surface area (Å²) < 4.78 is 5.42. The summed E-state index contributed by atoms with van der Waals surface area (Å²) in [6.07, 6.45) is 1.29. The molecule has 1 amide bonds. The lowest BCUT2D eigenvalue weighted by Gasteiger charge is -2.14. The van der Waals surface area contributed by atoms with Crippen LogP contribution in [-0.4, -0.2) is 24.1 Å². The summed E-state index contributed by atoms with van der Waals surface area (Å²) in [5, 5.41) is 11.3. The molecule has 2 N–H and O–H groups in total. The zero-order valence-electron chi connectivity index (χ0n) is 10.3. The van der Waals surface area contributed by atoms with E-state index >= 15 is 0 Å². The molecule has 5 nitrogen and oxygen atoms in total. The second-order valence-electron chi connectivity index (χ2n) is 3.85. The van der Waals surface area contributed by atoms with Crippen LogP contribution in [0.5, 0.6) is 5.75 Å². The first-order valence-corrected chi connectivity index (χ1v) is 5.81. The number of nitrogens with one attached hydrogen (secondary N) is 1. The molecule has 0 saturated heterocycles. The number of amides is 1. The number of carboxylic acids is 1. The predicted molar refractivity (Wildman–Crippen MR) is 66.4 cm³/mol. The van der Waals surface area contributed by atoms with Crippen LogP contribution in [0.3, 0.4) is 0 Å². The Morgan fingerprint density at radius 1 is 1.44 bits per heavy atom. The van der Waals surface area contributed by atoms with E-state index in [2.05, 4.69) is 5.32 Å². The van der Waals surface area contributed by atoms with Crippen LogP contribution >= 0.6 is 0 Å². The molecule has 1 aromatic carbocycles. The van der Waals surface area contributed by atoms with Crippen molar-refractivity contribution in [1.29, 1.82) is 0 Å². The van der Waals surface area contributed by atoms with Crippen molar-refractivity contribution in [2.45, 2.75) is 25.8 Å². The number of ether oxygens (including phenoxy) is 1. The van der Waals surface area contributed by atoms with E-state index < -0.39 is 12.0 Å². The van der Waals surface area contributed by atoms with Crippen LogP contribution in [0.15, 0.2) is 24.3 Å². The standard InChI is InChI=1S/C13H17NO4/c1-2-7-18-11-5-3-10(4-6-11)12(14-9-15)8-13(16)17/h3-6,9,12H,2,7-8H2,1H3,(H,14,15)(H,16,17)/t12-/m1/s1. The van der Waals surface area contributed by atoms with Crippen LogP contribution in [0.25, 0.3) is 0 Å². The normalized spacial score (nSPS) is 11.6. The zero-order chi connectivity index (χ0) is 13.4. The van der Waals surface area contributed by atoms with Crippen molar-refractivity contribution in [2.75, 3.05) is 6.61 Å². The van der Waals surface area contributed by atoms with Gasteiger partial charge in [-0.15, -0.1) is 0 Å². The molecule has 1 rings (SSSR count). The molecule has 1 atom stereocenters. The Labute approximate surface area is 106 Å². The summed E-state index contributed by atoms with van der Waals surface area (Å²) in [4.78, 5) is 21.1. The summed E-state index contributed by atoms with van der Waals surface area (Å²) >= 11 is 0. The first-order chi connectivity index (χ1) is 8.67. The van der Waals surface area contributed by atoms with Crippen molar-refractivity contribution >= 4 is 12.4 Å². The molecule has 0 aliphatic heterocycles. The number of carbonyl (C=O) groups is 2. The van der Waals surface area contributed by atoms with Crippen molar-refractivity contribution < 1.29 is 19.4 Å². The highest BCUT2D eigenvalue weighted by Gasteiger charge is 2.14. The van der Waals surface area contributed by atoms with Gasteiger partial charge in [-0.25, -0.2) is 0 Å². The summed E-state index contributed by atoms with van der Waals surface area (Å²) in [5.74, 6) is -0.221. The first kappa shape index (κ1) is 14.0. The maximum atomic E-state index is 10.7. The van der Waals surface area contributed by atoms with Gasteiger partial charge in [-0.1, -0.05) is 19.1 Å². The fourth-order valence-electron chi connectivity index (χ4n) is 1.55. The Hall–Kier alpha value is -2.04. The Bertz CT molecular complexity index is 388. The van der Waals surface area contributed by atoms with Crippen LogP contribution in [0.2, 0.25) is 0 Å². The lowest BCUT2D eigenvalue weighted by Crippen LogP contribution is -2.22. The third-order valence-electron chi connectivity index (χ3n) is 2.40. The number of hydrogen-bond acceptors (Lipinski definition) is 3. The molecule has 0 aliphatic rings. The number of hydrogen-bond donors (Lipinski definition) is 2. The molecule has 0 saturated carbocycles. The van der Waals surface area contributed by atoms with Crippen molar-refractivity contribution in [3.8, 4) is 5.75 Å². The van der Waals surface area contributed by atoms with Gasteiger partial charge in [-0.3, -0.25) is 9.59 Å². The van der Waals surface area contributed by atoms with Gasteiger partial charge in [-0.05, 0) is 24.1 Å². The highest BCUT2D eigenvalue weighted by molar-refractivity contribution is 5.68. The molecule has 0 unspecified atom stereocenters. The maximum Gasteiger partial charge on any atom is 0.305 e. The van der Waals surface area contributed by atoms with Crippen LogP contribution in [-0.2, 0) is 9.59 Å². The molecule has 5 heteroatoms. The molecule has 0 bridgehead atoms. The molecule has 0 fully saturated rings. The molecular weight excluding hydrogens is 234 g/mol. The van der Waals surface area contributed by atoms with E-state index in [0.717, 1.165) is 17.7 Å². The lowest BCUT2D eigenvalue weighted by molar-refractivity contribution is -0.137. The minimum absolute atomic E-state index is 0.145. The van der Waals surface area contributed by atoms with Gasteiger partial charge in [-0.2, -0.15) is 0 Å². The Morgan fingerprint density at radius 3 is 2.61 bits per heavy atom. The first-order valence-electron chi connectivity index (χ1n) is 5.81. The largest absolute Gasteiger partial charge is 0.494 e. The zero-order valence-corrected chi connectivity index (χ0v) is 10.3. The van der Waals surface area contributed by atoms with E-state index in [9.17, 15) is 9.59 Å². The molecule has 0 radical (unpaired) electrons. The molecule has 0 aromatic heterocycles. The summed E-state index contributed by atoms with van der Waals surface area (Å²) in [6.45, 7) is 2.66. The van der Waals surface area contributed by atoms with E-state index in [1.54, 1.807) is 24.3 Å². The summed E-state index contributed by atoms with van der Waals surface area (Å²) in [7, 11) is 0. The molecule has 98 valence electrons. The van der Waals surface area contributed by atoms with E-state index in [1.165, 1.54) is 0 Å². The topological polar surface area (TPSA) is 75.6 Å². The number of benzene rings is 1. The van der Waals surface area contributed by atoms with E-state index in [1.807, 2.05) is 6.92 Å². The number of aliphatic carboxylic acids is 1. The van der Waals surface area contributed by atoms with Gasteiger partial charge in [0.25, 0.3) is 0 Å². The Balaban J connectivity index is 2.73.